The van der Waals surface area contributed by atoms with Gasteiger partial charge in [0, 0.05) is 11.1 Å². The number of aryl methyl sites for hydroxylation is 3. The summed E-state index contributed by atoms with van der Waals surface area (Å²) in [6.45, 7) is 5.82. The third kappa shape index (κ3) is 3.34. The van der Waals surface area contributed by atoms with E-state index in [4.69, 9.17) is 16.3 Å². The first-order valence-corrected chi connectivity index (χ1v) is 6.90. The van der Waals surface area contributed by atoms with Crippen molar-refractivity contribution >= 4 is 17.3 Å². The second kappa shape index (κ2) is 6.14. The molecule has 21 heavy (non-hydrogen) atoms. The summed E-state index contributed by atoms with van der Waals surface area (Å²) in [6.07, 6.45) is 0. The maximum atomic E-state index is 11.1. The minimum atomic E-state index is -0.388. The summed E-state index contributed by atoms with van der Waals surface area (Å²) >= 11 is 6.09. The zero-order valence-corrected chi connectivity index (χ0v) is 12.9. The molecule has 0 aliphatic carbocycles. The van der Waals surface area contributed by atoms with Crippen LogP contribution in [0.1, 0.15) is 22.3 Å². The molecule has 0 bridgehead atoms. The van der Waals surface area contributed by atoms with Gasteiger partial charge in [0.2, 0.25) is 0 Å². The fourth-order valence-electron chi connectivity index (χ4n) is 2.16. The van der Waals surface area contributed by atoms with Crippen LogP contribution in [-0.2, 0) is 6.61 Å². The van der Waals surface area contributed by atoms with Crippen molar-refractivity contribution in [3.63, 3.8) is 0 Å². The molecule has 0 aliphatic heterocycles. The fraction of sp³-hybridized carbons (Fsp3) is 0.250. The van der Waals surface area contributed by atoms with Gasteiger partial charge in [-0.25, -0.2) is 0 Å². The molecule has 0 heterocycles. The smallest absolute Gasteiger partial charge is 0.276 e. The number of ether oxygens (including phenoxy) is 1. The van der Waals surface area contributed by atoms with E-state index in [9.17, 15) is 10.1 Å². The van der Waals surface area contributed by atoms with E-state index in [1.54, 1.807) is 12.1 Å². The quantitative estimate of drug-likeness (QED) is 0.605. The first kappa shape index (κ1) is 15.3. The lowest BCUT2D eigenvalue weighted by Crippen LogP contribution is -2.03. The van der Waals surface area contributed by atoms with Crippen LogP contribution in [0, 0.1) is 30.9 Å². The third-order valence-electron chi connectivity index (χ3n) is 3.41. The number of hydrogen-bond donors (Lipinski definition) is 0. The Bertz CT molecular complexity index is 698. The van der Waals surface area contributed by atoms with E-state index in [1.807, 2.05) is 32.9 Å². The van der Waals surface area contributed by atoms with E-state index < -0.39 is 0 Å². The van der Waals surface area contributed by atoms with Gasteiger partial charge in [0.25, 0.3) is 5.69 Å². The highest BCUT2D eigenvalue weighted by atomic mass is 35.5. The number of halogens is 1. The van der Waals surface area contributed by atoms with E-state index in [0.717, 1.165) is 16.7 Å². The maximum Gasteiger partial charge on any atom is 0.276 e. The molecule has 0 unspecified atom stereocenters. The number of nitrogens with zero attached hydrogens (tertiary/aromatic N) is 1. The van der Waals surface area contributed by atoms with E-state index in [2.05, 4.69) is 0 Å². The zero-order chi connectivity index (χ0) is 15.6. The summed E-state index contributed by atoms with van der Waals surface area (Å²) in [5.41, 5.74) is 3.42. The molecule has 0 amide bonds. The molecule has 0 aliphatic rings. The predicted molar refractivity (Wildman–Crippen MR) is 83.1 cm³/mol. The summed E-state index contributed by atoms with van der Waals surface area (Å²) in [7, 11) is 0. The van der Waals surface area contributed by atoms with Gasteiger partial charge in [-0.1, -0.05) is 29.8 Å². The van der Waals surface area contributed by atoms with Crippen LogP contribution >= 0.6 is 11.6 Å². The molecule has 2 aromatic carbocycles. The number of hydrogen-bond acceptors (Lipinski definition) is 3. The monoisotopic (exact) mass is 305 g/mol. The molecule has 0 saturated carbocycles. The molecule has 0 radical (unpaired) electrons. The lowest BCUT2D eigenvalue weighted by Gasteiger charge is -2.12. The molecule has 2 aromatic rings. The highest BCUT2D eigenvalue weighted by Crippen LogP contribution is 2.29. The third-order valence-corrected chi connectivity index (χ3v) is 3.82. The van der Waals surface area contributed by atoms with E-state index >= 15 is 0 Å². The van der Waals surface area contributed by atoms with Gasteiger partial charge in [-0.3, -0.25) is 10.1 Å². The number of nitro groups is 1. The van der Waals surface area contributed by atoms with Crippen molar-refractivity contribution < 1.29 is 9.66 Å². The van der Waals surface area contributed by atoms with Gasteiger partial charge in [0.1, 0.15) is 12.4 Å². The van der Waals surface area contributed by atoms with Crippen molar-refractivity contribution in [2.45, 2.75) is 27.4 Å². The van der Waals surface area contributed by atoms with Crippen LogP contribution in [0.25, 0.3) is 0 Å². The summed E-state index contributed by atoms with van der Waals surface area (Å²) in [5.74, 6) is 0.642. The number of rotatable bonds is 4. The maximum absolute atomic E-state index is 11.1. The van der Waals surface area contributed by atoms with Gasteiger partial charge in [0.15, 0.2) is 0 Å². The lowest BCUT2D eigenvalue weighted by molar-refractivity contribution is -0.385. The van der Waals surface area contributed by atoms with E-state index in [0.29, 0.717) is 16.3 Å². The van der Waals surface area contributed by atoms with Gasteiger partial charge < -0.3 is 4.74 Å². The van der Waals surface area contributed by atoms with Crippen molar-refractivity contribution in [1.82, 2.24) is 0 Å². The first-order valence-electron chi connectivity index (χ1n) is 6.52. The van der Waals surface area contributed by atoms with E-state index in [-0.39, 0.29) is 17.2 Å². The van der Waals surface area contributed by atoms with Gasteiger partial charge >= 0.3 is 0 Å². The molecule has 0 spiro atoms. The summed E-state index contributed by atoms with van der Waals surface area (Å²) in [5, 5.41) is 11.7. The average molecular weight is 306 g/mol. The highest BCUT2D eigenvalue weighted by Gasteiger charge is 2.16. The predicted octanol–water partition coefficient (Wildman–Crippen LogP) is 4.75. The largest absolute Gasteiger partial charge is 0.488 e. The van der Waals surface area contributed by atoms with Gasteiger partial charge in [-0.2, -0.15) is 0 Å². The molecule has 0 N–H and O–H groups in total. The molecule has 110 valence electrons. The Morgan fingerprint density at radius 3 is 2.52 bits per heavy atom. The summed E-state index contributed by atoms with van der Waals surface area (Å²) in [4.78, 5) is 10.7. The minimum Gasteiger partial charge on any atom is -0.488 e. The van der Waals surface area contributed by atoms with Crippen LogP contribution in [-0.4, -0.2) is 4.92 Å². The van der Waals surface area contributed by atoms with Crippen molar-refractivity contribution in [3.05, 3.63) is 67.7 Å². The molecule has 0 fully saturated rings. The average Bonchev–Trinajstić information content (AvgIpc) is 2.42. The Hall–Kier alpha value is -2.07. The Morgan fingerprint density at radius 2 is 1.86 bits per heavy atom. The summed E-state index contributed by atoms with van der Waals surface area (Å²) in [6, 6.07) is 8.67. The molecule has 2 rings (SSSR count). The Morgan fingerprint density at radius 1 is 1.14 bits per heavy atom. The molecule has 5 heteroatoms. The molecular formula is C16H16ClNO3. The highest BCUT2D eigenvalue weighted by molar-refractivity contribution is 6.31. The second-order valence-electron chi connectivity index (χ2n) is 4.99. The Balaban J connectivity index is 2.29. The van der Waals surface area contributed by atoms with Gasteiger partial charge in [-0.15, -0.1) is 0 Å². The lowest BCUT2D eigenvalue weighted by atomic mass is 10.1. The Labute approximate surface area is 128 Å². The first-order chi connectivity index (χ1) is 9.90. The molecule has 0 aromatic heterocycles. The van der Waals surface area contributed by atoms with Crippen molar-refractivity contribution in [2.75, 3.05) is 0 Å². The standard InChI is InChI=1S/C16H16ClNO3/c1-10-5-4-6-15(18(19)20)13(10)9-21-16-8-14(17)11(2)7-12(16)3/h4-8H,9H2,1-3H3. The molecule has 0 atom stereocenters. The minimum absolute atomic E-state index is 0.0749. The van der Waals surface area contributed by atoms with Crippen LogP contribution in [0.5, 0.6) is 5.75 Å². The van der Waals surface area contributed by atoms with E-state index in [1.165, 1.54) is 6.07 Å². The SMILES string of the molecule is Cc1cc(C)c(OCc2c(C)cccc2[N+](=O)[O-])cc1Cl. The number of nitro benzene ring substituents is 1. The number of benzene rings is 2. The Kier molecular flexibility index (Phi) is 4.48. The van der Waals surface area contributed by atoms with Crippen molar-refractivity contribution in [1.29, 1.82) is 0 Å². The van der Waals surface area contributed by atoms with Crippen LogP contribution in [0.2, 0.25) is 5.02 Å². The summed E-state index contributed by atoms with van der Waals surface area (Å²) < 4.78 is 5.74. The van der Waals surface area contributed by atoms with Crippen LogP contribution in [0.15, 0.2) is 30.3 Å². The molecule has 0 saturated heterocycles. The van der Waals surface area contributed by atoms with Crippen LogP contribution in [0.4, 0.5) is 5.69 Å². The fourth-order valence-corrected chi connectivity index (χ4v) is 2.31. The van der Waals surface area contributed by atoms with Gasteiger partial charge in [-0.05, 0) is 43.5 Å². The van der Waals surface area contributed by atoms with Crippen molar-refractivity contribution in [3.8, 4) is 5.75 Å². The van der Waals surface area contributed by atoms with Crippen molar-refractivity contribution in [2.24, 2.45) is 0 Å². The topological polar surface area (TPSA) is 52.4 Å². The second-order valence-corrected chi connectivity index (χ2v) is 5.39. The normalized spacial score (nSPS) is 10.5. The van der Waals surface area contributed by atoms with Gasteiger partial charge in [0.05, 0.1) is 10.5 Å². The molecule has 4 nitrogen and oxygen atoms in total. The zero-order valence-electron chi connectivity index (χ0n) is 12.1. The van der Waals surface area contributed by atoms with Crippen LogP contribution < -0.4 is 4.74 Å². The molecular weight excluding hydrogens is 290 g/mol. The van der Waals surface area contributed by atoms with Crippen LogP contribution in [0.3, 0.4) is 0 Å².